The van der Waals surface area contributed by atoms with Crippen molar-refractivity contribution in [3.8, 4) is 5.75 Å². The lowest BCUT2D eigenvalue weighted by Gasteiger charge is -2.24. The average molecular weight is 413 g/mol. The van der Waals surface area contributed by atoms with E-state index in [2.05, 4.69) is 13.1 Å². The predicted molar refractivity (Wildman–Crippen MR) is 115 cm³/mol. The van der Waals surface area contributed by atoms with Crippen molar-refractivity contribution in [3.63, 3.8) is 0 Å². The number of Topliss-reactive ketones (excluding diaryl/α,β-unsaturated/α-hetero) is 1. The lowest BCUT2D eigenvalue weighted by atomic mass is 9.96. The van der Waals surface area contributed by atoms with Gasteiger partial charge >= 0.3 is 0 Å². The standard InChI is InChI=1S/C20H36O5Si2/c1-20(2,25-14-8-16-27(6)23-4)19(21)17-9-11-18(12-10-17)24-13-7-15-26(5)22-3/h9-12,26-27H,7-8,13-16H2,1-6H3. The molecule has 7 heteroatoms. The number of ketones is 1. The maximum absolute atomic E-state index is 12.7. The van der Waals surface area contributed by atoms with Crippen LogP contribution in [-0.2, 0) is 13.6 Å². The first-order valence-corrected chi connectivity index (χ1v) is 14.7. The maximum Gasteiger partial charge on any atom is 0.194 e. The molecule has 0 fully saturated rings. The molecule has 2 atom stereocenters. The molecule has 0 N–H and O–H groups in total. The van der Waals surface area contributed by atoms with Crippen LogP contribution in [0.15, 0.2) is 24.3 Å². The molecule has 0 aromatic heterocycles. The molecular weight excluding hydrogens is 376 g/mol. The first kappa shape index (κ1) is 24.0. The predicted octanol–water partition coefficient (Wildman–Crippen LogP) is 3.82. The van der Waals surface area contributed by atoms with Crippen molar-refractivity contribution < 1.29 is 23.1 Å². The van der Waals surface area contributed by atoms with Gasteiger partial charge in [0, 0.05) is 26.4 Å². The number of carbonyl (C=O) groups excluding carboxylic acids is 1. The molecule has 0 bridgehead atoms. The normalized spacial score (nSPS) is 14.0. The Hall–Kier alpha value is -0.996. The van der Waals surface area contributed by atoms with Crippen molar-refractivity contribution in [2.75, 3.05) is 27.4 Å². The molecular formula is C20H36O5Si2. The van der Waals surface area contributed by atoms with Gasteiger partial charge in [0.25, 0.3) is 0 Å². The van der Waals surface area contributed by atoms with Crippen LogP contribution in [0.3, 0.4) is 0 Å². The van der Waals surface area contributed by atoms with Gasteiger partial charge < -0.3 is 18.3 Å². The first-order valence-electron chi connectivity index (χ1n) is 9.77. The van der Waals surface area contributed by atoms with Gasteiger partial charge in [0.1, 0.15) is 11.4 Å². The summed E-state index contributed by atoms with van der Waals surface area (Å²) in [6.45, 7) is 9.26. The molecule has 1 aromatic rings. The molecule has 1 aromatic carbocycles. The zero-order valence-electron chi connectivity index (χ0n) is 17.7. The molecule has 0 saturated heterocycles. The van der Waals surface area contributed by atoms with Crippen molar-refractivity contribution in [3.05, 3.63) is 29.8 Å². The second-order valence-electron chi connectivity index (χ2n) is 7.44. The van der Waals surface area contributed by atoms with Gasteiger partial charge in [-0.15, -0.1) is 0 Å². The summed E-state index contributed by atoms with van der Waals surface area (Å²) >= 11 is 0. The monoisotopic (exact) mass is 412 g/mol. The van der Waals surface area contributed by atoms with Crippen LogP contribution in [0.4, 0.5) is 0 Å². The summed E-state index contributed by atoms with van der Waals surface area (Å²) in [7, 11) is 1.47. The minimum atomic E-state index is -1.06. The van der Waals surface area contributed by atoms with Crippen LogP contribution in [0, 0.1) is 0 Å². The van der Waals surface area contributed by atoms with Gasteiger partial charge in [0.15, 0.2) is 23.9 Å². The minimum Gasteiger partial charge on any atom is -0.494 e. The Balaban J connectivity index is 2.45. The van der Waals surface area contributed by atoms with E-state index < -0.39 is 23.7 Å². The van der Waals surface area contributed by atoms with Crippen LogP contribution in [0.5, 0.6) is 5.75 Å². The van der Waals surface area contributed by atoms with Gasteiger partial charge in [-0.3, -0.25) is 4.79 Å². The van der Waals surface area contributed by atoms with Gasteiger partial charge in [-0.2, -0.15) is 0 Å². The third-order valence-electron chi connectivity index (χ3n) is 4.71. The fourth-order valence-electron chi connectivity index (χ4n) is 2.61. The number of benzene rings is 1. The minimum absolute atomic E-state index is 0.00833. The highest BCUT2D eigenvalue weighted by molar-refractivity contribution is 6.50. The Morgan fingerprint density at radius 2 is 1.44 bits per heavy atom. The molecule has 0 radical (unpaired) electrons. The summed E-state index contributed by atoms with van der Waals surface area (Å²) in [5.41, 5.74) is -0.186. The van der Waals surface area contributed by atoms with E-state index >= 15 is 0 Å². The van der Waals surface area contributed by atoms with E-state index in [-0.39, 0.29) is 5.78 Å². The quantitative estimate of drug-likeness (QED) is 0.264. The Bertz CT molecular complexity index is 548. The van der Waals surface area contributed by atoms with E-state index in [0.717, 1.165) is 30.7 Å². The Kier molecular flexibility index (Phi) is 11.1. The molecule has 1 rings (SSSR count). The summed E-state index contributed by atoms with van der Waals surface area (Å²) in [6, 6.07) is 9.49. The zero-order chi connectivity index (χ0) is 20.3. The fraction of sp³-hybridized carbons (Fsp3) is 0.650. The molecule has 0 saturated carbocycles. The molecule has 0 aliphatic rings. The van der Waals surface area contributed by atoms with E-state index in [4.69, 9.17) is 18.3 Å². The molecule has 154 valence electrons. The topological polar surface area (TPSA) is 54.0 Å². The SMILES string of the molecule is CO[SiH](C)CCCOc1ccc(C(=O)C(C)(C)OCCC[SiH](C)OC)cc1. The summed E-state index contributed by atoms with van der Waals surface area (Å²) < 4.78 is 22.3. The number of hydrogen-bond donors (Lipinski definition) is 0. The molecule has 5 nitrogen and oxygen atoms in total. The Labute approximate surface area is 167 Å². The van der Waals surface area contributed by atoms with Gasteiger partial charge in [0.05, 0.1) is 6.61 Å². The summed E-state index contributed by atoms with van der Waals surface area (Å²) in [6.07, 6.45) is 1.92. The van der Waals surface area contributed by atoms with Crippen molar-refractivity contribution in [1.29, 1.82) is 0 Å². The van der Waals surface area contributed by atoms with Crippen molar-refractivity contribution in [2.24, 2.45) is 0 Å². The summed E-state index contributed by atoms with van der Waals surface area (Å²) in [4.78, 5) is 12.7. The second kappa shape index (κ2) is 12.5. The van der Waals surface area contributed by atoms with E-state index in [1.165, 1.54) is 0 Å². The van der Waals surface area contributed by atoms with Gasteiger partial charge in [-0.1, -0.05) is 0 Å². The van der Waals surface area contributed by atoms with Crippen molar-refractivity contribution in [1.82, 2.24) is 0 Å². The number of hydrogen-bond acceptors (Lipinski definition) is 5. The van der Waals surface area contributed by atoms with E-state index in [1.807, 2.05) is 38.1 Å². The Morgan fingerprint density at radius 1 is 0.926 bits per heavy atom. The molecule has 27 heavy (non-hydrogen) atoms. The summed E-state index contributed by atoms with van der Waals surface area (Å²) in [5, 5.41) is 0. The first-order chi connectivity index (χ1) is 12.8. The second-order valence-corrected chi connectivity index (χ2v) is 12.8. The van der Waals surface area contributed by atoms with E-state index in [9.17, 15) is 4.79 Å². The van der Waals surface area contributed by atoms with Gasteiger partial charge in [-0.05, 0) is 76.1 Å². The van der Waals surface area contributed by atoms with Gasteiger partial charge in [0.2, 0.25) is 0 Å². The van der Waals surface area contributed by atoms with Crippen LogP contribution < -0.4 is 4.74 Å². The molecule has 0 aliphatic heterocycles. The molecule has 0 aliphatic carbocycles. The smallest absolute Gasteiger partial charge is 0.194 e. The van der Waals surface area contributed by atoms with Crippen LogP contribution in [-0.4, -0.2) is 56.9 Å². The van der Waals surface area contributed by atoms with Crippen LogP contribution in [0.2, 0.25) is 25.2 Å². The fourth-order valence-corrected chi connectivity index (χ4v) is 4.56. The number of carbonyl (C=O) groups is 1. The maximum atomic E-state index is 12.7. The third-order valence-corrected chi connectivity index (χ3v) is 8.76. The van der Waals surface area contributed by atoms with Gasteiger partial charge in [-0.25, -0.2) is 0 Å². The lowest BCUT2D eigenvalue weighted by Crippen LogP contribution is -2.35. The molecule has 2 unspecified atom stereocenters. The third kappa shape index (κ3) is 9.16. The highest BCUT2D eigenvalue weighted by Gasteiger charge is 2.29. The molecule has 0 spiro atoms. The van der Waals surface area contributed by atoms with Crippen molar-refractivity contribution in [2.45, 2.75) is 57.5 Å². The highest BCUT2D eigenvalue weighted by Crippen LogP contribution is 2.21. The average Bonchev–Trinajstić information content (AvgIpc) is 2.68. The molecule has 0 heterocycles. The Morgan fingerprint density at radius 3 is 1.96 bits per heavy atom. The summed E-state index contributed by atoms with van der Waals surface area (Å²) in [5.74, 6) is 0.779. The van der Waals surface area contributed by atoms with Crippen LogP contribution >= 0.6 is 0 Å². The lowest BCUT2D eigenvalue weighted by molar-refractivity contribution is -0.00430. The number of ether oxygens (including phenoxy) is 2. The zero-order valence-corrected chi connectivity index (χ0v) is 20.1. The van der Waals surface area contributed by atoms with Crippen LogP contribution in [0.25, 0.3) is 0 Å². The molecule has 0 amide bonds. The number of rotatable bonds is 14. The highest BCUT2D eigenvalue weighted by atomic mass is 28.3. The van der Waals surface area contributed by atoms with Crippen molar-refractivity contribution >= 4 is 23.9 Å². The van der Waals surface area contributed by atoms with E-state index in [1.54, 1.807) is 14.2 Å². The van der Waals surface area contributed by atoms with E-state index in [0.29, 0.717) is 18.8 Å². The largest absolute Gasteiger partial charge is 0.494 e. The van der Waals surface area contributed by atoms with Crippen LogP contribution in [0.1, 0.15) is 37.0 Å².